The SMILES string of the molecule is COC(=O)CC(=O)N(C)Cc1ccc(OC)c(F)c1. The minimum absolute atomic E-state index is 0.146. The number of carbonyl (C=O) groups is 2. The van der Waals surface area contributed by atoms with E-state index >= 15 is 0 Å². The van der Waals surface area contributed by atoms with Gasteiger partial charge in [0.2, 0.25) is 5.91 Å². The van der Waals surface area contributed by atoms with E-state index in [1.165, 1.54) is 38.3 Å². The van der Waals surface area contributed by atoms with Crippen molar-refractivity contribution in [3.05, 3.63) is 29.6 Å². The average Bonchev–Trinajstić information content (AvgIpc) is 2.38. The lowest BCUT2D eigenvalue weighted by atomic mass is 10.2. The molecule has 0 aliphatic rings. The van der Waals surface area contributed by atoms with E-state index in [-0.39, 0.29) is 24.6 Å². The highest BCUT2D eigenvalue weighted by Gasteiger charge is 2.15. The molecule has 0 atom stereocenters. The average molecular weight is 269 g/mol. The molecule has 19 heavy (non-hydrogen) atoms. The van der Waals surface area contributed by atoms with Crippen LogP contribution in [0.1, 0.15) is 12.0 Å². The van der Waals surface area contributed by atoms with Gasteiger partial charge in [0.1, 0.15) is 6.42 Å². The maximum absolute atomic E-state index is 13.5. The van der Waals surface area contributed by atoms with Crippen LogP contribution < -0.4 is 4.74 Å². The van der Waals surface area contributed by atoms with Crippen LogP contribution in [0, 0.1) is 5.82 Å². The van der Waals surface area contributed by atoms with Crippen molar-refractivity contribution in [2.75, 3.05) is 21.3 Å². The second kappa shape index (κ2) is 6.72. The third kappa shape index (κ3) is 4.24. The zero-order chi connectivity index (χ0) is 14.4. The number of amides is 1. The number of hydrogen-bond acceptors (Lipinski definition) is 4. The molecule has 0 bridgehead atoms. The van der Waals surface area contributed by atoms with E-state index in [2.05, 4.69) is 4.74 Å². The minimum atomic E-state index is -0.599. The standard InChI is InChI=1S/C13H16FNO4/c1-15(12(16)7-13(17)19-3)8-9-4-5-11(18-2)10(14)6-9/h4-6H,7-8H2,1-3H3. The highest BCUT2D eigenvalue weighted by molar-refractivity contribution is 5.94. The Balaban J connectivity index is 2.66. The van der Waals surface area contributed by atoms with E-state index in [4.69, 9.17) is 4.74 Å². The summed E-state index contributed by atoms with van der Waals surface area (Å²) in [5, 5.41) is 0. The van der Waals surface area contributed by atoms with E-state index in [1.807, 2.05) is 0 Å². The Kier molecular flexibility index (Phi) is 5.29. The van der Waals surface area contributed by atoms with Gasteiger partial charge < -0.3 is 14.4 Å². The molecule has 0 saturated heterocycles. The highest BCUT2D eigenvalue weighted by Crippen LogP contribution is 2.18. The number of halogens is 1. The van der Waals surface area contributed by atoms with Crippen molar-refractivity contribution in [1.82, 2.24) is 4.90 Å². The van der Waals surface area contributed by atoms with Gasteiger partial charge in [0.05, 0.1) is 14.2 Å². The van der Waals surface area contributed by atoms with Gasteiger partial charge in [-0.05, 0) is 17.7 Å². The molecule has 1 rings (SSSR count). The number of nitrogens with zero attached hydrogens (tertiary/aromatic N) is 1. The molecule has 6 heteroatoms. The number of hydrogen-bond donors (Lipinski definition) is 0. The van der Waals surface area contributed by atoms with Crippen LogP contribution in [0.5, 0.6) is 5.75 Å². The Morgan fingerprint density at radius 3 is 2.53 bits per heavy atom. The molecule has 0 heterocycles. The van der Waals surface area contributed by atoms with Crippen LogP contribution in [-0.4, -0.2) is 38.0 Å². The van der Waals surface area contributed by atoms with Crippen LogP contribution in [0.25, 0.3) is 0 Å². The van der Waals surface area contributed by atoms with Gasteiger partial charge in [0.25, 0.3) is 0 Å². The van der Waals surface area contributed by atoms with E-state index < -0.39 is 11.8 Å². The summed E-state index contributed by atoms with van der Waals surface area (Å²) in [5.41, 5.74) is 0.610. The van der Waals surface area contributed by atoms with Gasteiger partial charge in [0.15, 0.2) is 11.6 Å². The van der Waals surface area contributed by atoms with Crippen LogP contribution in [-0.2, 0) is 20.9 Å². The Hall–Kier alpha value is -2.11. The topological polar surface area (TPSA) is 55.8 Å². The molecule has 0 spiro atoms. The summed E-state index contributed by atoms with van der Waals surface area (Å²) in [6, 6.07) is 4.44. The molecule has 0 fully saturated rings. The fourth-order valence-corrected chi connectivity index (χ4v) is 1.50. The Morgan fingerprint density at radius 1 is 1.32 bits per heavy atom. The van der Waals surface area contributed by atoms with Gasteiger partial charge >= 0.3 is 5.97 Å². The van der Waals surface area contributed by atoms with Crippen molar-refractivity contribution in [3.63, 3.8) is 0 Å². The predicted molar refractivity (Wildman–Crippen MR) is 66.1 cm³/mol. The van der Waals surface area contributed by atoms with E-state index in [0.717, 1.165) is 0 Å². The first-order valence-corrected chi connectivity index (χ1v) is 5.61. The lowest BCUT2D eigenvalue weighted by molar-refractivity contribution is -0.146. The van der Waals surface area contributed by atoms with Crippen molar-refractivity contribution in [2.24, 2.45) is 0 Å². The van der Waals surface area contributed by atoms with Gasteiger partial charge in [-0.25, -0.2) is 4.39 Å². The van der Waals surface area contributed by atoms with Crippen molar-refractivity contribution >= 4 is 11.9 Å². The fourth-order valence-electron chi connectivity index (χ4n) is 1.50. The summed E-state index contributed by atoms with van der Waals surface area (Å²) < 4.78 is 22.7. The minimum Gasteiger partial charge on any atom is -0.494 e. The van der Waals surface area contributed by atoms with Crippen LogP contribution in [0.4, 0.5) is 4.39 Å². The lowest BCUT2D eigenvalue weighted by Crippen LogP contribution is -2.28. The summed E-state index contributed by atoms with van der Waals surface area (Å²) in [6.07, 6.45) is -0.328. The van der Waals surface area contributed by atoms with Crippen molar-refractivity contribution in [3.8, 4) is 5.75 Å². The van der Waals surface area contributed by atoms with Crippen LogP contribution >= 0.6 is 0 Å². The number of carbonyl (C=O) groups excluding carboxylic acids is 2. The zero-order valence-electron chi connectivity index (χ0n) is 11.1. The Morgan fingerprint density at radius 2 is 2.00 bits per heavy atom. The van der Waals surface area contributed by atoms with Gasteiger partial charge in [0, 0.05) is 13.6 Å². The van der Waals surface area contributed by atoms with E-state index in [1.54, 1.807) is 6.07 Å². The fraction of sp³-hybridized carbons (Fsp3) is 0.385. The number of benzene rings is 1. The summed E-state index contributed by atoms with van der Waals surface area (Å²) in [7, 11) is 4.13. The number of esters is 1. The van der Waals surface area contributed by atoms with E-state index in [9.17, 15) is 14.0 Å². The highest BCUT2D eigenvalue weighted by atomic mass is 19.1. The Bertz CT molecular complexity index is 476. The quantitative estimate of drug-likeness (QED) is 0.598. The van der Waals surface area contributed by atoms with Crippen molar-refractivity contribution in [1.29, 1.82) is 0 Å². The Labute approximate surface area is 110 Å². The van der Waals surface area contributed by atoms with E-state index in [0.29, 0.717) is 5.56 Å². The zero-order valence-corrected chi connectivity index (χ0v) is 11.1. The normalized spacial score (nSPS) is 9.89. The second-order valence-corrected chi connectivity index (χ2v) is 3.97. The van der Waals surface area contributed by atoms with Crippen molar-refractivity contribution in [2.45, 2.75) is 13.0 Å². The summed E-state index contributed by atoms with van der Waals surface area (Å²) >= 11 is 0. The van der Waals surface area contributed by atoms with Crippen LogP contribution in [0.2, 0.25) is 0 Å². The first kappa shape index (κ1) is 14.9. The molecule has 104 valence electrons. The molecule has 0 saturated carbocycles. The molecule has 0 radical (unpaired) electrons. The first-order valence-electron chi connectivity index (χ1n) is 5.61. The smallest absolute Gasteiger partial charge is 0.315 e. The van der Waals surface area contributed by atoms with Gasteiger partial charge in [-0.15, -0.1) is 0 Å². The third-order valence-electron chi connectivity index (χ3n) is 2.58. The predicted octanol–water partition coefficient (Wildman–Crippen LogP) is 1.36. The number of methoxy groups -OCH3 is 2. The van der Waals surface area contributed by atoms with Gasteiger partial charge in [-0.1, -0.05) is 6.07 Å². The lowest BCUT2D eigenvalue weighted by Gasteiger charge is -2.17. The first-order chi connectivity index (χ1) is 8.97. The molecular formula is C13H16FNO4. The summed E-state index contributed by atoms with van der Waals surface area (Å²) in [4.78, 5) is 23.9. The maximum atomic E-state index is 13.5. The molecule has 1 aromatic carbocycles. The molecule has 0 aliphatic carbocycles. The van der Waals surface area contributed by atoms with Crippen LogP contribution in [0.15, 0.2) is 18.2 Å². The maximum Gasteiger partial charge on any atom is 0.315 e. The van der Waals surface area contributed by atoms with Gasteiger partial charge in [-0.2, -0.15) is 0 Å². The monoisotopic (exact) mass is 269 g/mol. The molecular weight excluding hydrogens is 253 g/mol. The van der Waals surface area contributed by atoms with Gasteiger partial charge in [-0.3, -0.25) is 9.59 Å². The molecule has 0 aliphatic heterocycles. The molecule has 0 N–H and O–H groups in total. The molecule has 1 aromatic rings. The third-order valence-corrected chi connectivity index (χ3v) is 2.58. The molecule has 0 unspecified atom stereocenters. The summed E-state index contributed by atoms with van der Waals surface area (Å²) in [5.74, 6) is -1.33. The summed E-state index contributed by atoms with van der Waals surface area (Å²) in [6.45, 7) is 0.205. The molecule has 1 amide bonds. The molecule has 0 aromatic heterocycles. The number of rotatable bonds is 5. The second-order valence-electron chi connectivity index (χ2n) is 3.97. The molecule has 5 nitrogen and oxygen atoms in total. The number of ether oxygens (including phenoxy) is 2. The van der Waals surface area contributed by atoms with Crippen molar-refractivity contribution < 1.29 is 23.5 Å². The van der Waals surface area contributed by atoms with Crippen LogP contribution in [0.3, 0.4) is 0 Å². The largest absolute Gasteiger partial charge is 0.494 e.